The van der Waals surface area contributed by atoms with Gasteiger partial charge in [0, 0.05) is 16.4 Å². The molecular weight excluding hydrogens is 226 g/mol. The van der Waals surface area contributed by atoms with Gasteiger partial charge in [-0.25, -0.2) is 13.6 Å². The maximum atomic E-state index is 12.1. The minimum Gasteiger partial charge on any atom is -0.294 e. The summed E-state index contributed by atoms with van der Waals surface area (Å²) in [6.45, 7) is 9.12. The van der Waals surface area contributed by atoms with Crippen LogP contribution < -0.4 is 5.14 Å². The second-order valence-electron chi connectivity index (χ2n) is 5.64. The summed E-state index contributed by atoms with van der Waals surface area (Å²) in [6, 6.07) is 0. The van der Waals surface area contributed by atoms with Crippen LogP contribution in [0.5, 0.6) is 0 Å². The number of hydrogen-bond acceptors (Lipinski definition) is 3. The fourth-order valence-corrected chi connectivity index (χ4v) is 5.37. The van der Waals surface area contributed by atoms with E-state index in [1.807, 2.05) is 6.92 Å². The number of carbonyl (C=O) groups is 1. The van der Waals surface area contributed by atoms with Gasteiger partial charge in [0.15, 0.2) is 5.78 Å². The average molecular weight is 243 g/mol. The van der Waals surface area contributed by atoms with Gasteiger partial charge in [0.05, 0.1) is 0 Å². The Balaban J connectivity index is 2.84. The van der Waals surface area contributed by atoms with Gasteiger partial charge in [-0.1, -0.05) is 27.4 Å². The van der Waals surface area contributed by atoms with Crippen molar-refractivity contribution in [2.45, 2.75) is 38.4 Å². The van der Waals surface area contributed by atoms with E-state index in [1.54, 1.807) is 13.8 Å². The van der Waals surface area contributed by atoms with E-state index in [9.17, 15) is 13.2 Å². The van der Waals surface area contributed by atoms with Gasteiger partial charge < -0.3 is 0 Å². The molecule has 2 saturated carbocycles. The number of carbonyl (C=O) groups excluding carboxylic acids is 1. The average Bonchev–Trinajstić information content (AvgIpc) is 2.38. The van der Waals surface area contributed by atoms with Crippen molar-refractivity contribution in [2.75, 3.05) is 0 Å². The van der Waals surface area contributed by atoms with Gasteiger partial charge in [0.25, 0.3) is 0 Å². The molecule has 2 fully saturated rings. The van der Waals surface area contributed by atoms with Gasteiger partial charge in [-0.05, 0) is 12.8 Å². The van der Waals surface area contributed by atoms with Crippen LogP contribution in [0.3, 0.4) is 0 Å². The fourth-order valence-electron chi connectivity index (χ4n) is 3.61. The molecule has 0 aromatic heterocycles. The number of nitrogens with two attached hydrogens (primary N) is 1. The topological polar surface area (TPSA) is 77.2 Å². The predicted molar refractivity (Wildman–Crippen MR) is 61.1 cm³/mol. The lowest BCUT2D eigenvalue weighted by molar-refractivity contribution is -0.125. The Morgan fingerprint density at radius 3 is 2.00 bits per heavy atom. The van der Waals surface area contributed by atoms with Crippen LogP contribution in [-0.4, -0.2) is 18.9 Å². The van der Waals surface area contributed by atoms with E-state index >= 15 is 0 Å². The molecule has 2 bridgehead atoms. The molecular formula is C11H17NO3S. The van der Waals surface area contributed by atoms with Crippen molar-refractivity contribution in [1.29, 1.82) is 0 Å². The van der Waals surface area contributed by atoms with Crippen LogP contribution in [0, 0.1) is 10.8 Å². The third-order valence-corrected chi connectivity index (χ3v) is 7.05. The minimum absolute atomic E-state index is 0.141. The molecule has 16 heavy (non-hydrogen) atoms. The van der Waals surface area contributed by atoms with Gasteiger partial charge in [-0.3, -0.25) is 4.79 Å². The van der Waals surface area contributed by atoms with Gasteiger partial charge in [0.2, 0.25) is 10.0 Å². The zero-order valence-corrected chi connectivity index (χ0v) is 10.6. The molecule has 0 saturated heterocycles. The molecule has 0 aliphatic heterocycles. The molecule has 0 aromatic rings. The lowest BCUT2D eigenvalue weighted by Crippen LogP contribution is -2.50. The molecule has 2 aliphatic carbocycles. The monoisotopic (exact) mass is 243 g/mol. The molecule has 0 spiro atoms. The summed E-state index contributed by atoms with van der Waals surface area (Å²) in [4.78, 5) is 12.1. The van der Waals surface area contributed by atoms with Crippen molar-refractivity contribution in [3.8, 4) is 0 Å². The smallest absolute Gasteiger partial charge is 0.219 e. The van der Waals surface area contributed by atoms with Gasteiger partial charge in [-0.2, -0.15) is 0 Å². The Morgan fingerprint density at radius 2 is 1.75 bits per heavy atom. The largest absolute Gasteiger partial charge is 0.294 e. The van der Waals surface area contributed by atoms with Crippen LogP contribution in [0.2, 0.25) is 0 Å². The summed E-state index contributed by atoms with van der Waals surface area (Å²) in [7, 11) is -3.82. The van der Waals surface area contributed by atoms with E-state index in [-0.39, 0.29) is 11.4 Å². The first-order valence-electron chi connectivity index (χ1n) is 5.29. The van der Waals surface area contributed by atoms with Crippen LogP contribution >= 0.6 is 0 Å². The molecule has 4 nitrogen and oxygen atoms in total. The van der Waals surface area contributed by atoms with Crippen molar-refractivity contribution >= 4 is 15.8 Å². The van der Waals surface area contributed by atoms with Crippen LogP contribution in [0.1, 0.15) is 33.6 Å². The normalized spacial score (nSPS) is 41.8. The zero-order chi connectivity index (χ0) is 12.6. The van der Waals surface area contributed by atoms with Crippen LogP contribution in [0.4, 0.5) is 0 Å². The van der Waals surface area contributed by atoms with Crippen molar-refractivity contribution in [3.63, 3.8) is 0 Å². The lowest BCUT2D eigenvalue weighted by Gasteiger charge is -2.37. The molecule has 2 unspecified atom stereocenters. The number of ketones is 1. The highest BCUT2D eigenvalue weighted by molar-refractivity contribution is 7.91. The zero-order valence-electron chi connectivity index (χ0n) is 9.83. The molecule has 2 rings (SSSR count). The lowest BCUT2D eigenvalue weighted by atomic mass is 9.70. The maximum absolute atomic E-state index is 12.1. The summed E-state index contributed by atoms with van der Waals surface area (Å²) in [5, 5.41) is 5.36. The van der Waals surface area contributed by atoms with Gasteiger partial charge in [0.1, 0.15) is 4.75 Å². The Morgan fingerprint density at radius 1 is 1.25 bits per heavy atom. The minimum atomic E-state index is -3.82. The summed E-state index contributed by atoms with van der Waals surface area (Å²) in [6.07, 6.45) is 0.966. The van der Waals surface area contributed by atoms with E-state index in [4.69, 9.17) is 5.14 Å². The summed E-state index contributed by atoms with van der Waals surface area (Å²) >= 11 is 0. The number of hydrogen-bond donors (Lipinski definition) is 1. The Kier molecular flexibility index (Phi) is 1.91. The third-order valence-electron chi connectivity index (χ3n) is 5.11. The SMILES string of the molecule is C=C1C(=O)C2(C)CCC1(S(N)(=O)=O)C2(C)C. The van der Waals surface area contributed by atoms with Crippen LogP contribution in [-0.2, 0) is 14.8 Å². The van der Waals surface area contributed by atoms with Crippen molar-refractivity contribution < 1.29 is 13.2 Å². The third kappa shape index (κ3) is 0.831. The molecule has 2 aliphatic rings. The number of primary sulfonamides is 1. The van der Waals surface area contributed by atoms with Crippen molar-refractivity contribution in [3.05, 3.63) is 12.2 Å². The van der Waals surface area contributed by atoms with Crippen molar-refractivity contribution in [1.82, 2.24) is 0 Å². The van der Waals surface area contributed by atoms with Crippen molar-refractivity contribution in [2.24, 2.45) is 16.0 Å². The van der Waals surface area contributed by atoms with Crippen LogP contribution in [0.25, 0.3) is 0 Å². The molecule has 0 amide bonds. The molecule has 0 radical (unpaired) electrons. The number of rotatable bonds is 1. The van der Waals surface area contributed by atoms with E-state index in [0.29, 0.717) is 12.8 Å². The quantitative estimate of drug-likeness (QED) is 0.697. The van der Waals surface area contributed by atoms with E-state index in [0.717, 1.165) is 0 Å². The molecule has 5 heteroatoms. The Hall–Kier alpha value is -0.680. The first kappa shape index (κ1) is 11.8. The second-order valence-corrected chi connectivity index (χ2v) is 7.42. The highest BCUT2D eigenvalue weighted by atomic mass is 32.2. The molecule has 0 aromatic carbocycles. The maximum Gasteiger partial charge on any atom is 0.219 e. The van der Waals surface area contributed by atoms with Crippen LogP contribution in [0.15, 0.2) is 12.2 Å². The predicted octanol–water partition coefficient (Wildman–Crippen LogP) is 0.979. The van der Waals surface area contributed by atoms with E-state index in [1.165, 1.54) is 0 Å². The van der Waals surface area contributed by atoms with E-state index in [2.05, 4.69) is 6.58 Å². The first-order valence-corrected chi connectivity index (χ1v) is 6.83. The number of Topliss-reactive ketones (excluding diaryl/α,β-unsaturated/α-hetero) is 1. The Labute approximate surface area is 95.9 Å². The summed E-state index contributed by atoms with van der Waals surface area (Å²) < 4.78 is 22.5. The standard InChI is InChI=1S/C11H17NO3S/c1-7-8(13)10(4)5-6-11(7,9(10,2)3)16(12,14)15/h1,5-6H2,2-4H3,(H2,12,14,15). The summed E-state index contributed by atoms with van der Waals surface area (Å²) in [5.74, 6) is -0.141. The Bertz CT molecular complexity index is 505. The molecule has 0 heterocycles. The van der Waals surface area contributed by atoms with E-state index < -0.39 is 25.6 Å². The fraction of sp³-hybridized carbons (Fsp3) is 0.727. The first-order chi connectivity index (χ1) is 7.02. The van der Waals surface area contributed by atoms with Gasteiger partial charge in [-0.15, -0.1) is 0 Å². The summed E-state index contributed by atoms with van der Waals surface area (Å²) in [5.41, 5.74) is -1.15. The highest BCUT2D eigenvalue weighted by Crippen LogP contribution is 2.69. The van der Waals surface area contributed by atoms with Gasteiger partial charge >= 0.3 is 0 Å². The number of sulfonamides is 1. The molecule has 2 N–H and O–H groups in total. The second kappa shape index (κ2) is 2.59. The highest BCUT2D eigenvalue weighted by Gasteiger charge is 2.76. The number of fused-ring (bicyclic) bond motifs is 2. The molecule has 90 valence electrons. The molecule has 2 atom stereocenters.